The standard InChI is InChI=1S/C40H46B2O4.C30H25F3O3S.C12H24B2O4/c1-36(2)37(3,4)44-41(43-36)34-22-18-32(19-23-34)40(9,31-16-14-28(15-17-31)30-13-11-27-10-12-29(27)26-30)33-20-24-35(25-21-33)42-45-38(5,6)39(7,8)46-42;1-20-3-11-25(12-4-20)29(2,27-15-17-28(18-16-27)36-37(34,35)30(31,32)33)26-13-9-22(10-14-26)24-8-6-21-5-7-23(21)19-24;1-9(2)10(3,4)16-13(15-9)14-17-11(5,6)12(7,8)18-14/h11,13-26H,10,12H2,1-9H3;3-4,6,8-19H,5,7H2,1-2H3;1-8H3. The van der Waals surface area contributed by atoms with Crippen LogP contribution in [0.15, 0.2) is 182 Å². The highest BCUT2D eigenvalue weighted by Gasteiger charge is 2.64. The number of hydrogen-bond acceptors (Lipinski definition) is 11. The van der Waals surface area contributed by atoms with E-state index < -0.39 is 60.5 Å². The Balaban J connectivity index is 0.000000156. The molecule has 0 radical (unpaired) electrons. The van der Waals surface area contributed by atoms with Crippen LogP contribution in [0.3, 0.4) is 0 Å². The van der Waals surface area contributed by atoms with Crippen LogP contribution in [0.4, 0.5) is 13.2 Å². The molecular weight excluding hydrogens is 1290 g/mol. The Morgan fingerprint density at radius 2 is 0.584 bits per heavy atom. The van der Waals surface area contributed by atoms with Crippen LogP contribution in [-0.4, -0.2) is 87.0 Å². The number of benzene rings is 8. The van der Waals surface area contributed by atoms with Crippen molar-refractivity contribution < 1.29 is 63.0 Å². The van der Waals surface area contributed by atoms with Crippen molar-refractivity contribution in [2.75, 3.05) is 0 Å². The first kappa shape index (κ1) is 74.0. The Morgan fingerprint density at radius 3 is 0.851 bits per heavy atom. The van der Waals surface area contributed by atoms with Crippen molar-refractivity contribution in [1.29, 1.82) is 0 Å². The van der Waals surface area contributed by atoms with Crippen molar-refractivity contribution in [3.05, 3.63) is 243 Å². The summed E-state index contributed by atoms with van der Waals surface area (Å²) in [7, 11) is -7.49. The summed E-state index contributed by atoms with van der Waals surface area (Å²) >= 11 is 0. The normalized spacial score (nSPS) is 20.6. The van der Waals surface area contributed by atoms with Gasteiger partial charge < -0.3 is 41.4 Å². The molecule has 0 aromatic heterocycles. The van der Waals surface area contributed by atoms with Gasteiger partial charge in [-0.3, -0.25) is 0 Å². The second kappa shape index (κ2) is 26.1. The number of alkyl halides is 3. The van der Waals surface area contributed by atoms with Crippen molar-refractivity contribution in [3.63, 3.8) is 0 Å². The van der Waals surface area contributed by atoms with E-state index in [-0.39, 0.29) is 44.8 Å². The summed E-state index contributed by atoms with van der Waals surface area (Å²) in [6, 6.07) is 62.2. The van der Waals surface area contributed by atoms with Crippen molar-refractivity contribution in [2.24, 2.45) is 0 Å². The Morgan fingerprint density at radius 1 is 0.337 bits per heavy atom. The fourth-order valence-corrected chi connectivity index (χ4v) is 14.0. The number of fused-ring (bicyclic) bond motifs is 2. The number of rotatable bonds is 13. The van der Waals surface area contributed by atoms with E-state index in [4.69, 9.17) is 37.2 Å². The van der Waals surface area contributed by atoms with Gasteiger partial charge in [-0.05, 0) is 258 Å². The quantitative estimate of drug-likeness (QED) is 0.0475. The number of hydrogen-bond donors (Lipinski definition) is 0. The molecule has 11 nitrogen and oxygen atoms in total. The molecule has 4 saturated heterocycles. The first-order valence-electron chi connectivity index (χ1n) is 35.2. The van der Waals surface area contributed by atoms with Crippen LogP contribution in [0.25, 0.3) is 22.3 Å². The zero-order valence-electron chi connectivity index (χ0n) is 62.0. The molecule has 4 aliphatic heterocycles. The van der Waals surface area contributed by atoms with Crippen LogP contribution >= 0.6 is 0 Å². The molecule has 6 aliphatic rings. The number of aryl methyl sites for hydroxylation is 5. The van der Waals surface area contributed by atoms with Crippen molar-refractivity contribution >= 4 is 49.3 Å². The van der Waals surface area contributed by atoms with E-state index in [9.17, 15) is 21.6 Å². The third kappa shape index (κ3) is 14.0. The van der Waals surface area contributed by atoms with Gasteiger partial charge in [0.15, 0.2) is 0 Å². The minimum Gasteiger partial charge on any atom is -0.405 e. The van der Waals surface area contributed by atoms with Gasteiger partial charge in [-0.25, -0.2) is 0 Å². The zero-order valence-corrected chi connectivity index (χ0v) is 62.8. The maximum atomic E-state index is 12.8. The molecule has 14 rings (SSSR count). The van der Waals surface area contributed by atoms with Crippen molar-refractivity contribution in [3.8, 4) is 28.0 Å². The lowest BCUT2D eigenvalue weighted by atomic mass is 9.49. The SMILES string of the molecule is CC(c1ccc(B2OC(C)(C)C(C)(C)O2)cc1)(c1ccc(B2OC(C)(C)C(C)(C)O2)cc1)c1ccc(-c2ccc3c(c2)CC3)cc1.CC1(C)OB(B2OC(C)(C)C(C)(C)O2)OC1(C)C.Cc1ccc(C(C)(c2ccc(OS(=O)(=O)C(F)(F)F)cc2)c2ccc(-c3ccc4c(c3)CC4)cc2)cc1. The average molecular weight is 1390 g/mol. The summed E-state index contributed by atoms with van der Waals surface area (Å²) in [5.41, 5.74) is 10.5. The lowest BCUT2D eigenvalue weighted by Crippen LogP contribution is -2.41. The van der Waals surface area contributed by atoms with Gasteiger partial charge >= 0.3 is 43.9 Å². The highest BCUT2D eigenvalue weighted by atomic mass is 32.2. The monoisotopic (exact) mass is 1390 g/mol. The van der Waals surface area contributed by atoms with Crippen LogP contribution in [0, 0.1) is 6.92 Å². The summed E-state index contributed by atoms with van der Waals surface area (Å²) < 4.78 is 115. The predicted molar refractivity (Wildman–Crippen MR) is 399 cm³/mol. The summed E-state index contributed by atoms with van der Waals surface area (Å²) in [4.78, 5) is 0. The molecule has 1 unspecified atom stereocenters. The van der Waals surface area contributed by atoms with Gasteiger partial charge in [0.1, 0.15) is 5.75 Å². The largest absolute Gasteiger partial charge is 0.534 e. The van der Waals surface area contributed by atoms with Crippen LogP contribution in [0.1, 0.15) is 186 Å². The maximum Gasteiger partial charge on any atom is 0.534 e. The summed E-state index contributed by atoms with van der Waals surface area (Å²) in [6.07, 6.45) is 4.63. The predicted octanol–water partition coefficient (Wildman–Crippen LogP) is 17.0. The van der Waals surface area contributed by atoms with Gasteiger partial charge in [-0.15, -0.1) is 0 Å². The van der Waals surface area contributed by atoms with Crippen molar-refractivity contribution in [2.45, 2.75) is 218 Å². The molecule has 0 spiro atoms. The van der Waals surface area contributed by atoms with Gasteiger partial charge in [0, 0.05) is 10.8 Å². The summed E-state index contributed by atoms with van der Waals surface area (Å²) in [5, 5.41) is 0. The molecule has 101 heavy (non-hydrogen) atoms. The highest BCUT2D eigenvalue weighted by Crippen LogP contribution is 2.47. The van der Waals surface area contributed by atoms with E-state index in [0.717, 1.165) is 57.1 Å². The lowest BCUT2D eigenvalue weighted by Gasteiger charge is -2.32. The lowest BCUT2D eigenvalue weighted by molar-refractivity contribution is -0.0500. The molecule has 4 fully saturated rings. The fourth-order valence-electron chi connectivity index (χ4n) is 13.6. The van der Waals surface area contributed by atoms with Gasteiger partial charge in [0.05, 0.1) is 44.8 Å². The Bertz CT molecular complexity index is 4280. The molecule has 528 valence electrons. The third-order valence-corrected chi connectivity index (χ3v) is 24.7. The number of halogens is 3. The Labute approximate surface area is 598 Å². The molecule has 4 heterocycles. The molecular formula is C82H95B4F3O11S. The topological polar surface area (TPSA) is 117 Å². The molecule has 8 aromatic rings. The second-order valence-corrected chi connectivity index (χ2v) is 34.0. The minimum absolute atomic E-state index is 0.360. The molecule has 0 saturated carbocycles. The van der Waals surface area contributed by atoms with Crippen LogP contribution in [0.2, 0.25) is 0 Å². The van der Waals surface area contributed by atoms with Crippen LogP contribution < -0.4 is 15.1 Å². The van der Waals surface area contributed by atoms with Gasteiger partial charge in [-0.1, -0.05) is 175 Å². The molecule has 0 N–H and O–H groups in total. The first-order valence-corrected chi connectivity index (χ1v) is 36.6. The Hall–Kier alpha value is -6.76. The molecule has 0 amide bonds. The Kier molecular flexibility index (Phi) is 19.1. The van der Waals surface area contributed by atoms with Crippen LogP contribution in [-0.2, 0) is 83.9 Å². The van der Waals surface area contributed by atoms with E-state index in [0.29, 0.717) is 0 Å². The van der Waals surface area contributed by atoms with E-state index in [1.807, 2.05) is 93.5 Å². The highest BCUT2D eigenvalue weighted by molar-refractivity contribution is 7.88. The molecule has 1 atom stereocenters. The average Bonchev–Trinajstić information content (AvgIpc) is 1.63. The van der Waals surface area contributed by atoms with E-state index >= 15 is 0 Å². The first-order chi connectivity index (χ1) is 46.9. The van der Waals surface area contributed by atoms with E-state index in [1.54, 1.807) is 12.1 Å². The molecule has 2 aliphatic carbocycles. The maximum absolute atomic E-state index is 12.8. The van der Waals surface area contributed by atoms with Crippen molar-refractivity contribution in [1.82, 2.24) is 0 Å². The van der Waals surface area contributed by atoms with Gasteiger partial charge in [0.25, 0.3) is 0 Å². The molecule has 8 aromatic carbocycles. The summed E-state index contributed by atoms with van der Waals surface area (Å²) in [6.45, 7) is 39.3. The summed E-state index contributed by atoms with van der Waals surface area (Å²) in [5.74, 6) is -0.400. The molecule has 0 bridgehead atoms. The third-order valence-electron chi connectivity index (χ3n) is 23.7. The molecule has 19 heteroatoms. The second-order valence-electron chi connectivity index (χ2n) is 32.4. The zero-order chi connectivity index (χ0) is 73.1. The van der Waals surface area contributed by atoms with Crippen LogP contribution in [0.5, 0.6) is 5.75 Å². The minimum atomic E-state index is -5.74. The van der Waals surface area contributed by atoms with Gasteiger partial charge in [0.2, 0.25) is 0 Å². The van der Waals surface area contributed by atoms with E-state index in [1.165, 1.54) is 75.0 Å². The van der Waals surface area contributed by atoms with E-state index in [2.05, 4.69) is 200 Å². The smallest absolute Gasteiger partial charge is 0.405 e. The fraction of sp³-hybridized carbons (Fsp3) is 0.415. The van der Waals surface area contributed by atoms with Gasteiger partial charge in [-0.2, -0.15) is 21.6 Å².